The van der Waals surface area contributed by atoms with Crippen LogP contribution in [0.2, 0.25) is 0 Å². The van der Waals surface area contributed by atoms with E-state index < -0.39 is 0 Å². The molecule has 2 heterocycles. The van der Waals surface area contributed by atoms with E-state index in [2.05, 4.69) is 4.98 Å². The molecule has 35 heavy (non-hydrogen) atoms. The number of aromatic nitrogens is 2. The Kier molecular flexibility index (Phi) is 6.31. The largest absolute Gasteiger partial charge is 0.497 e. The molecule has 0 saturated heterocycles. The van der Waals surface area contributed by atoms with Gasteiger partial charge in [-0.3, -0.25) is 4.98 Å². The first-order valence-electron chi connectivity index (χ1n) is 11.4. The van der Waals surface area contributed by atoms with E-state index in [0.29, 0.717) is 24.4 Å². The number of methoxy groups -OCH3 is 1. The summed E-state index contributed by atoms with van der Waals surface area (Å²) in [5.74, 6) is 1.32. The third-order valence-electron chi connectivity index (χ3n) is 5.97. The van der Waals surface area contributed by atoms with Crippen LogP contribution in [0.3, 0.4) is 0 Å². The maximum Gasteiger partial charge on any atom is 0.155 e. The molecule has 8 nitrogen and oxygen atoms in total. The molecule has 1 aliphatic carbocycles. The van der Waals surface area contributed by atoms with Crippen molar-refractivity contribution in [2.24, 2.45) is 4.99 Å². The van der Waals surface area contributed by atoms with Gasteiger partial charge in [-0.15, -0.1) is 0 Å². The molecule has 0 spiro atoms. The zero-order valence-corrected chi connectivity index (χ0v) is 19.6. The summed E-state index contributed by atoms with van der Waals surface area (Å²) >= 11 is 0. The number of anilines is 1. The van der Waals surface area contributed by atoms with Crippen molar-refractivity contribution in [3.8, 4) is 17.2 Å². The van der Waals surface area contributed by atoms with E-state index in [1.54, 1.807) is 19.5 Å². The molecule has 178 valence electrons. The van der Waals surface area contributed by atoms with Crippen molar-refractivity contribution in [1.29, 1.82) is 0 Å². The quantitative estimate of drug-likeness (QED) is 0.275. The van der Waals surface area contributed by atoms with E-state index >= 15 is 0 Å². The van der Waals surface area contributed by atoms with Crippen LogP contribution in [0.4, 0.5) is 11.4 Å². The van der Waals surface area contributed by atoms with E-state index in [4.69, 9.17) is 19.1 Å². The average molecular weight is 471 g/mol. The second-order valence-corrected chi connectivity index (χ2v) is 8.23. The lowest BCUT2D eigenvalue weighted by molar-refractivity contribution is 0.281. The van der Waals surface area contributed by atoms with Gasteiger partial charge in [-0.05, 0) is 48.9 Å². The van der Waals surface area contributed by atoms with Crippen molar-refractivity contribution in [3.63, 3.8) is 0 Å². The molecule has 1 aliphatic heterocycles. The Hall–Kier alpha value is -4.01. The highest BCUT2D eigenvalue weighted by molar-refractivity contribution is 5.97. The molecule has 0 unspecified atom stereocenters. The number of fused-ring (bicyclic) bond motifs is 4. The normalized spacial score (nSPS) is 12.1. The third kappa shape index (κ3) is 4.41. The van der Waals surface area contributed by atoms with Crippen molar-refractivity contribution in [2.45, 2.75) is 6.92 Å². The molecular formula is C27H26N4O4. The molecule has 0 saturated carbocycles. The zero-order chi connectivity index (χ0) is 24.4. The number of ether oxygens (including phenoxy) is 1. The number of hydrogen-bond donors (Lipinski definition) is 2. The Labute approximate surface area is 202 Å². The van der Waals surface area contributed by atoms with Gasteiger partial charge in [0.25, 0.3) is 0 Å². The first kappa shape index (κ1) is 22.8. The van der Waals surface area contributed by atoms with E-state index in [1.165, 1.54) is 0 Å². The van der Waals surface area contributed by atoms with Crippen LogP contribution in [0.5, 0.6) is 5.75 Å². The highest BCUT2D eigenvalue weighted by Crippen LogP contribution is 2.34. The molecule has 2 aromatic carbocycles. The summed E-state index contributed by atoms with van der Waals surface area (Å²) in [6.45, 7) is 2.76. The minimum absolute atomic E-state index is 0.0160. The minimum atomic E-state index is -0.0160. The predicted octanol–water partition coefficient (Wildman–Crippen LogP) is 3.82. The lowest BCUT2D eigenvalue weighted by Crippen LogP contribution is -2.29. The van der Waals surface area contributed by atoms with Crippen molar-refractivity contribution in [1.82, 2.24) is 9.97 Å². The first-order valence-corrected chi connectivity index (χ1v) is 11.4. The van der Waals surface area contributed by atoms with Gasteiger partial charge < -0.3 is 24.3 Å². The minimum Gasteiger partial charge on any atom is -0.497 e. The van der Waals surface area contributed by atoms with Gasteiger partial charge in [-0.2, -0.15) is 0 Å². The van der Waals surface area contributed by atoms with E-state index in [1.807, 2.05) is 60.4 Å². The fourth-order valence-corrected chi connectivity index (χ4v) is 4.29. The van der Waals surface area contributed by atoms with Crippen molar-refractivity contribution in [3.05, 3.63) is 71.8 Å². The molecule has 0 radical (unpaired) electrons. The Balaban J connectivity index is 1.80. The van der Waals surface area contributed by atoms with Crippen LogP contribution in [0.25, 0.3) is 33.3 Å². The molecule has 1 aromatic heterocycles. The van der Waals surface area contributed by atoms with E-state index in [9.17, 15) is 10.2 Å². The smallest absolute Gasteiger partial charge is 0.155 e. The van der Waals surface area contributed by atoms with Crippen LogP contribution in [0, 0.1) is 6.92 Å². The second kappa shape index (κ2) is 9.69. The van der Waals surface area contributed by atoms with Crippen molar-refractivity contribution >= 4 is 33.2 Å². The molecule has 5 rings (SSSR count). The summed E-state index contributed by atoms with van der Waals surface area (Å²) < 4.78 is 11.9. The molecule has 0 atom stereocenters. The summed E-state index contributed by atoms with van der Waals surface area (Å²) in [4.78, 5) is 15.8. The highest BCUT2D eigenvalue weighted by Gasteiger charge is 2.18. The van der Waals surface area contributed by atoms with Crippen molar-refractivity contribution < 1.29 is 19.4 Å². The van der Waals surface area contributed by atoms with Crippen LogP contribution in [0.15, 0.2) is 70.3 Å². The van der Waals surface area contributed by atoms with E-state index in [0.717, 1.165) is 50.0 Å². The van der Waals surface area contributed by atoms with Crippen LogP contribution in [-0.2, 0) is 0 Å². The topological polar surface area (TPSA) is 104 Å². The monoisotopic (exact) mass is 470 g/mol. The average Bonchev–Trinajstić information content (AvgIpc) is 2.88. The van der Waals surface area contributed by atoms with Gasteiger partial charge >= 0.3 is 0 Å². The van der Waals surface area contributed by atoms with Crippen LogP contribution in [0.1, 0.15) is 5.56 Å². The summed E-state index contributed by atoms with van der Waals surface area (Å²) in [6.07, 6.45) is 3.42. The van der Waals surface area contributed by atoms with Gasteiger partial charge in [0.05, 0.1) is 31.4 Å². The molecule has 2 N–H and O–H groups in total. The first-order chi connectivity index (χ1) is 17.1. The molecular weight excluding hydrogens is 444 g/mol. The Morgan fingerprint density at radius 3 is 2.46 bits per heavy atom. The van der Waals surface area contributed by atoms with Crippen molar-refractivity contribution in [2.75, 3.05) is 38.3 Å². The van der Waals surface area contributed by atoms with Gasteiger partial charge in [0.2, 0.25) is 0 Å². The number of aliphatic hydroxyl groups excluding tert-OH is 2. The SMILES string of the molecule is COc1ccc2c(=Nc3ccncc3)cc3oc4cc(N(CCO)CCO)cc(C)c4nc-3c2c1. The molecule has 2 aliphatic rings. The Bertz CT molecular complexity index is 1530. The summed E-state index contributed by atoms with van der Waals surface area (Å²) in [5, 5.41) is 21.5. The molecule has 3 aromatic rings. The Morgan fingerprint density at radius 1 is 0.971 bits per heavy atom. The predicted molar refractivity (Wildman–Crippen MR) is 135 cm³/mol. The number of pyridine rings is 1. The molecule has 8 heteroatoms. The van der Waals surface area contributed by atoms with Gasteiger partial charge in [-0.1, -0.05) is 0 Å². The van der Waals surface area contributed by atoms with Gasteiger partial charge in [0.1, 0.15) is 17.0 Å². The van der Waals surface area contributed by atoms with Crippen LogP contribution >= 0.6 is 0 Å². The van der Waals surface area contributed by atoms with Gasteiger partial charge in [-0.25, -0.2) is 9.98 Å². The number of nitrogens with zero attached hydrogens (tertiary/aromatic N) is 4. The number of benzene rings is 3. The number of hydrogen-bond acceptors (Lipinski definition) is 8. The van der Waals surface area contributed by atoms with Gasteiger partial charge in [0, 0.05) is 54.1 Å². The summed E-state index contributed by atoms with van der Waals surface area (Å²) in [7, 11) is 1.64. The van der Waals surface area contributed by atoms with Gasteiger partial charge in [0.15, 0.2) is 11.3 Å². The fraction of sp³-hybridized carbons (Fsp3) is 0.222. The third-order valence-corrected chi connectivity index (χ3v) is 5.97. The number of rotatable bonds is 7. The number of aliphatic hydroxyl groups is 2. The fourth-order valence-electron chi connectivity index (χ4n) is 4.29. The Morgan fingerprint density at radius 2 is 1.74 bits per heavy atom. The lowest BCUT2D eigenvalue weighted by Gasteiger charge is -2.24. The summed E-state index contributed by atoms with van der Waals surface area (Å²) in [5.41, 5.74) is 4.66. The lowest BCUT2D eigenvalue weighted by atomic mass is 10.0. The maximum absolute atomic E-state index is 9.46. The number of aryl methyl sites for hydroxylation is 1. The molecule has 0 bridgehead atoms. The highest BCUT2D eigenvalue weighted by atomic mass is 16.5. The summed E-state index contributed by atoms with van der Waals surface area (Å²) in [6, 6.07) is 15.3. The van der Waals surface area contributed by atoms with Crippen LogP contribution < -0.4 is 15.0 Å². The zero-order valence-electron chi connectivity index (χ0n) is 19.6. The standard InChI is InChI=1S/C27H26N4O4/c1-17-13-19(31(9-11-32)10-12-33)14-24-26(17)30-27-22-15-20(34-2)3-4-21(22)23(16-25(27)35-24)29-18-5-7-28-8-6-18/h3-8,13-16,32-33H,9-12H2,1-2H3. The second-order valence-electron chi connectivity index (χ2n) is 8.23. The van der Waals surface area contributed by atoms with Crippen LogP contribution in [-0.4, -0.2) is 53.6 Å². The maximum atomic E-state index is 9.46. The van der Waals surface area contributed by atoms with E-state index in [-0.39, 0.29) is 13.2 Å². The molecule has 0 fully saturated rings. The molecule has 0 amide bonds.